The molecule has 0 spiro atoms. The average molecular weight is 319 g/mol. The number of hydrogen-bond acceptors (Lipinski definition) is 4. The summed E-state index contributed by atoms with van der Waals surface area (Å²) in [4.78, 5) is 32.0. The molecule has 1 aliphatic rings. The molecule has 1 saturated heterocycles. The topological polar surface area (TPSA) is 66.1 Å². The number of imide groups is 1. The van der Waals surface area contributed by atoms with Crippen molar-refractivity contribution in [3.63, 3.8) is 0 Å². The molecule has 3 rings (SSSR count). The van der Waals surface area contributed by atoms with Gasteiger partial charge in [0.2, 0.25) is 11.8 Å². The van der Waals surface area contributed by atoms with Crippen molar-refractivity contribution in [2.45, 2.75) is 18.0 Å². The number of carbonyl (C=O) groups excluding carboxylic acids is 2. The minimum Gasteiger partial charge on any atom is -0.333 e. The average Bonchev–Trinajstić information content (AvgIpc) is 3.14. The predicted octanol–water partition coefficient (Wildman–Crippen LogP) is 2.46. The normalized spacial score (nSPS) is 14.6. The van der Waals surface area contributed by atoms with Crippen molar-refractivity contribution < 1.29 is 14.0 Å². The molecule has 0 aliphatic carbocycles. The molecule has 0 saturated carbocycles. The zero-order valence-corrected chi connectivity index (χ0v) is 12.5. The number of rotatable bonds is 4. The van der Waals surface area contributed by atoms with Gasteiger partial charge in [-0.05, 0) is 36.2 Å². The second kappa shape index (κ2) is 6.31. The number of amides is 2. The third-order valence-electron chi connectivity index (χ3n) is 3.41. The monoisotopic (exact) mass is 319 g/mol. The molecule has 1 aromatic heterocycles. The smallest absolute Gasteiger partial charge is 0.239 e. The number of thioether (sulfide) groups is 1. The summed E-state index contributed by atoms with van der Waals surface area (Å²) in [7, 11) is 0. The van der Waals surface area contributed by atoms with Crippen molar-refractivity contribution in [2.75, 3.05) is 12.3 Å². The highest BCUT2D eigenvalue weighted by atomic mass is 32.2. The van der Waals surface area contributed by atoms with E-state index in [-0.39, 0.29) is 23.4 Å². The van der Waals surface area contributed by atoms with Crippen LogP contribution in [-0.4, -0.2) is 39.0 Å². The third-order valence-corrected chi connectivity index (χ3v) is 4.29. The van der Waals surface area contributed by atoms with Crippen LogP contribution in [0, 0.1) is 5.82 Å². The summed E-state index contributed by atoms with van der Waals surface area (Å²) < 4.78 is 12.9. The number of imidazole rings is 1. The van der Waals surface area contributed by atoms with Crippen LogP contribution in [0.1, 0.15) is 12.8 Å². The number of aromatic amines is 1. The van der Waals surface area contributed by atoms with E-state index in [4.69, 9.17) is 0 Å². The number of aromatic nitrogens is 2. The number of halogens is 1. The molecule has 5 nitrogen and oxygen atoms in total. The number of nitrogens with zero attached hydrogens (tertiary/aromatic N) is 2. The number of H-pyrrole nitrogens is 1. The van der Waals surface area contributed by atoms with E-state index in [1.54, 1.807) is 18.3 Å². The van der Waals surface area contributed by atoms with E-state index in [1.165, 1.54) is 28.8 Å². The van der Waals surface area contributed by atoms with E-state index in [0.29, 0.717) is 18.1 Å². The van der Waals surface area contributed by atoms with Crippen LogP contribution in [0.5, 0.6) is 0 Å². The Bertz CT molecular complexity index is 699. The maximum absolute atomic E-state index is 12.9. The second-order valence-corrected chi connectivity index (χ2v) is 5.90. The molecule has 0 unspecified atom stereocenters. The highest BCUT2D eigenvalue weighted by Crippen LogP contribution is 2.22. The molecule has 114 valence electrons. The molecule has 1 aliphatic heterocycles. The van der Waals surface area contributed by atoms with Gasteiger partial charge in [0.1, 0.15) is 5.82 Å². The molecule has 2 aromatic rings. The Labute approximate surface area is 130 Å². The summed E-state index contributed by atoms with van der Waals surface area (Å²) in [6.07, 6.45) is 2.83. The number of nitrogens with one attached hydrogen (secondary N) is 1. The summed E-state index contributed by atoms with van der Waals surface area (Å²) in [6.45, 7) is 0.511. The first-order valence-corrected chi connectivity index (χ1v) is 7.89. The Kier molecular flexibility index (Phi) is 4.24. The fourth-order valence-electron chi connectivity index (χ4n) is 2.27. The van der Waals surface area contributed by atoms with E-state index in [2.05, 4.69) is 9.97 Å². The van der Waals surface area contributed by atoms with Crippen LogP contribution in [-0.2, 0) is 9.59 Å². The maximum Gasteiger partial charge on any atom is 0.239 e. The minimum atomic E-state index is -0.293. The van der Waals surface area contributed by atoms with Crippen molar-refractivity contribution in [3.8, 4) is 11.3 Å². The zero-order valence-electron chi connectivity index (χ0n) is 11.7. The summed E-state index contributed by atoms with van der Waals surface area (Å²) >= 11 is 1.25. The lowest BCUT2D eigenvalue weighted by Crippen LogP contribution is -2.33. The van der Waals surface area contributed by atoms with Crippen molar-refractivity contribution in [2.24, 2.45) is 0 Å². The Morgan fingerprint density at radius 1 is 1.36 bits per heavy atom. The van der Waals surface area contributed by atoms with Crippen molar-refractivity contribution >= 4 is 23.6 Å². The van der Waals surface area contributed by atoms with Gasteiger partial charge in [-0.25, -0.2) is 9.37 Å². The summed E-state index contributed by atoms with van der Waals surface area (Å²) in [5.74, 6) is -0.412. The van der Waals surface area contributed by atoms with Crippen LogP contribution in [0.3, 0.4) is 0 Å². The second-order valence-electron chi connectivity index (χ2n) is 4.94. The van der Waals surface area contributed by atoms with Crippen molar-refractivity contribution in [1.29, 1.82) is 0 Å². The van der Waals surface area contributed by atoms with Crippen LogP contribution in [0.4, 0.5) is 4.39 Å². The Balaban J connectivity index is 1.61. The van der Waals surface area contributed by atoms with E-state index >= 15 is 0 Å². The van der Waals surface area contributed by atoms with Gasteiger partial charge in [0.05, 0.1) is 17.6 Å². The Morgan fingerprint density at radius 3 is 2.82 bits per heavy atom. The van der Waals surface area contributed by atoms with Crippen LogP contribution >= 0.6 is 11.8 Å². The highest BCUT2D eigenvalue weighted by molar-refractivity contribution is 7.99. The lowest BCUT2D eigenvalue weighted by Gasteiger charge is -2.12. The molecule has 0 radical (unpaired) electrons. The first kappa shape index (κ1) is 14.8. The lowest BCUT2D eigenvalue weighted by atomic mass is 10.2. The van der Waals surface area contributed by atoms with Gasteiger partial charge in [-0.2, -0.15) is 0 Å². The van der Waals surface area contributed by atoms with Crippen molar-refractivity contribution in [3.05, 3.63) is 36.3 Å². The van der Waals surface area contributed by atoms with E-state index in [0.717, 1.165) is 17.7 Å². The fourth-order valence-corrected chi connectivity index (χ4v) is 3.00. The summed E-state index contributed by atoms with van der Waals surface area (Å²) in [6, 6.07) is 6.08. The first-order chi connectivity index (χ1) is 10.6. The molecule has 2 amide bonds. The lowest BCUT2D eigenvalue weighted by molar-refractivity contribution is -0.140. The van der Waals surface area contributed by atoms with Crippen LogP contribution < -0.4 is 0 Å². The molecule has 7 heteroatoms. The molecule has 2 heterocycles. The van der Waals surface area contributed by atoms with E-state index in [9.17, 15) is 14.0 Å². The highest BCUT2D eigenvalue weighted by Gasteiger charge is 2.26. The van der Waals surface area contributed by atoms with E-state index in [1.807, 2.05) is 0 Å². The summed E-state index contributed by atoms with van der Waals surface area (Å²) in [5.41, 5.74) is 1.58. The third kappa shape index (κ3) is 3.19. The van der Waals surface area contributed by atoms with Gasteiger partial charge in [-0.15, -0.1) is 0 Å². The maximum atomic E-state index is 12.9. The summed E-state index contributed by atoms with van der Waals surface area (Å²) in [5, 5.41) is 0.597. The van der Waals surface area contributed by atoms with Crippen LogP contribution in [0.2, 0.25) is 0 Å². The number of benzene rings is 1. The largest absolute Gasteiger partial charge is 0.333 e. The SMILES string of the molecule is O=C1CCCN1C(=O)CSc1ncc(-c2ccc(F)cc2)[nH]1. The Hall–Kier alpha value is -2.15. The quantitative estimate of drug-likeness (QED) is 0.879. The van der Waals surface area contributed by atoms with Gasteiger partial charge in [0.25, 0.3) is 0 Å². The fraction of sp³-hybridized carbons (Fsp3) is 0.267. The molecule has 1 aromatic carbocycles. The van der Waals surface area contributed by atoms with E-state index < -0.39 is 0 Å². The van der Waals surface area contributed by atoms with Gasteiger partial charge in [0.15, 0.2) is 5.16 Å². The molecule has 22 heavy (non-hydrogen) atoms. The first-order valence-electron chi connectivity index (χ1n) is 6.90. The molecule has 1 fully saturated rings. The van der Waals surface area contributed by atoms with Crippen LogP contribution in [0.15, 0.2) is 35.6 Å². The van der Waals surface area contributed by atoms with Crippen molar-refractivity contribution in [1.82, 2.24) is 14.9 Å². The van der Waals surface area contributed by atoms with Crippen LogP contribution in [0.25, 0.3) is 11.3 Å². The van der Waals surface area contributed by atoms with Gasteiger partial charge >= 0.3 is 0 Å². The minimum absolute atomic E-state index is 0.1000. The number of carbonyl (C=O) groups is 2. The molecule has 0 atom stereocenters. The molecule has 1 N–H and O–H groups in total. The molecular weight excluding hydrogens is 305 g/mol. The standard InChI is InChI=1S/C15H14FN3O2S/c16-11-5-3-10(4-6-11)12-8-17-15(18-12)22-9-14(21)19-7-1-2-13(19)20/h3-6,8H,1-2,7,9H2,(H,17,18). The van der Waals surface area contributed by atoms with Gasteiger partial charge in [0, 0.05) is 13.0 Å². The predicted molar refractivity (Wildman–Crippen MR) is 80.7 cm³/mol. The van der Waals surface area contributed by atoms with Gasteiger partial charge < -0.3 is 4.98 Å². The van der Waals surface area contributed by atoms with Gasteiger partial charge in [-0.1, -0.05) is 11.8 Å². The number of hydrogen-bond donors (Lipinski definition) is 1. The Morgan fingerprint density at radius 2 is 2.14 bits per heavy atom. The molecule has 0 bridgehead atoms. The zero-order chi connectivity index (χ0) is 15.5. The van der Waals surface area contributed by atoms with Gasteiger partial charge in [-0.3, -0.25) is 14.5 Å². The molecular formula is C15H14FN3O2S. The number of likely N-dealkylation sites (tertiary alicyclic amines) is 1.